The molecule has 0 amide bonds. The van der Waals surface area contributed by atoms with E-state index in [1.54, 1.807) is 0 Å². The van der Waals surface area contributed by atoms with Crippen molar-refractivity contribution in [3.05, 3.63) is 0 Å². The maximum atomic E-state index is 4.23. The number of nitrogens with zero attached hydrogens (tertiary/aromatic N) is 1. The summed E-state index contributed by atoms with van der Waals surface area (Å²) in [7, 11) is 1.82. The van der Waals surface area contributed by atoms with Gasteiger partial charge in [0.2, 0.25) is 0 Å². The van der Waals surface area contributed by atoms with Gasteiger partial charge < -0.3 is 16.0 Å². The van der Waals surface area contributed by atoms with E-state index in [0.29, 0.717) is 0 Å². The Bertz CT molecular complexity index is 226. The predicted molar refractivity (Wildman–Crippen MR) is 81.2 cm³/mol. The Kier molecular flexibility index (Phi) is 8.81. The molecule has 0 aromatic carbocycles. The first-order valence-electron chi connectivity index (χ1n) is 7.12. The number of nitrogens with one attached hydrogen (secondary N) is 3. The average molecular weight is 256 g/mol. The molecule has 0 aromatic rings. The Labute approximate surface area is 113 Å². The number of hydrogen-bond donors (Lipinski definition) is 3. The van der Waals surface area contributed by atoms with Crippen LogP contribution < -0.4 is 16.0 Å². The quantitative estimate of drug-likeness (QED) is 0.371. The van der Waals surface area contributed by atoms with Crippen LogP contribution in [0.3, 0.4) is 0 Å². The van der Waals surface area contributed by atoms with Crippen LogP contribution in [0, 0.1) is 5.92 Å². The van der Waals surface area contributed by atoms with E-state index in [0.717, 1.165) is 31.5 Å². The molecular weight excluding hydrogens is 224 g/mol. The SMILES string of the molecule is CCC(CC)CNC(=NC)NCCNC(C)(C)C. The lowest BCUT2D eigenvalue weighted by atomic mass is 10.0. The van der Waals surface area contributed by atoms with Gasteiger partial charge in [-0.05, 0) is 26.7 Å². The molecule has 0 aliphatic rings. The highest BCUT2D eigenvalue weighted by Gasteiger charge is 2.08. The highest BCUT2D eigenvalue weighted by atomic mass is 15.2. The van der Waals surface area contributed by atoms with Crippen LogP contribution in [0.5, 0.6) is 0 Å². The maximum absolute atomic E-state index is 4.23. The molecule has 0 saturated carbocycles. The van der Waals surface area contributed by atoms with Gasteiger partial charge in [0.1, 0.15) is 0 Å². The van der Waals surface area contributed by atoms with Crippen molar-refractivity contribution in [2.45, 2.75) is 53.0 Å². The molecule has 4 nitrogen and oxygen atoms in total. The lowest BCUT2D eigenvalue weighted by Gasteiger charge is -2.21. The first kappa shape index (κ1) is 17.2. The van der Waals surface area contributed by atoms with Crippen molar-refractivity contribution in [1.29, 1.82) is 0 Å². The third-order valence-electron chi connectivity index (χ3n) is 3.01. The molecule has 0 radical (unpaired) electrons. The first-order chi connectivity index (χ1) is 8.42. The maximum Gasteiger partial charge on any atom is 0.191 e. The highest BCUT2D eigenvalue weighted by molar-refractivity contribution is 5.79. The van der Waals surface area contributed by atoms with Crippen molar-refractivity contribution < 1.29 is 0 Å². The summed E-state index contributed by atoms with van der Waals surface area (Å²) >= 11 is 0. The number of hydrogen-bond acceptors (Lipinski definition) is 2. The molecule has 0 heterocycles. The average Bonchev–Trinajstić information content (AvgIpc) is 2.31. The van der Waals surface area contributed by atoms with Crippen molar-refractivity contribution in [2.24, 2.45) is 10.9 Å². The highest BCUT2D eigenvalue weighted by Crippen LogP contribution is 2.04. The van der Waals surface area contributed by atoms with E-state index in [-0.39, 0.29) is 5.54 Å². The van der Waals surface area contributed by atoms with Gasteiger partial charge in [-0.3, -0.25) is 4.99 Å². The van der Waals surface area contributed by atoms with Gasteiger partial charge in [0.05, 0.1) is 0 Å². The van der Waals surface area contributed by atoms with Crippen LogP contribution >= 0.6 is 0 Å². The fraction of sp³-hybridized carbons (Fsp3) is 0.929. The second kappa shape index (κ2) is 9.20. The van der Waals surface area contributed by atoms with E-state index in [1.165, 1.54) is 12.8 Å². The summed E-state index contributed by atoms with van der Waals surface area (Å²) in [6.07, 6.45) is 2.43. The van der Waals surface area contributed by atoms with Crippen LogP contribution in [0.1, 0.15) is 47.5 Å². The lowest BCUT2D eigenvalue weighted by molar-refractivity contribution is 0.427. The normalized spacial score (nSPS) is 12.9. The zero-order valence-corrected chi connectivity index (χ0v) is 13.1. The van der Waals surface area contributed by atoms with Crippen molar-refractivity contribution in [2.75, 3.05) is 26.7 Å². The monoisotopic (exact) mass is 256 g/mol. The summed E-state index contributed by atoms with van der Waals surface area (Å²) in [4.78, 5) is 4.23. The Morgan fingerprint density at radius 2 is 1.67 bits per heavy atom. The molecule has 0 atom stereocenters. The van der Waals surface area contributed by atoms with E-state index in [1.807, 2.05) is 7.05 Å². The summed E-state index contributed by atoms with van der Waals surface area (Å²) in [5, 5.41) is 10.1. The number of guanidine groups is 1. The minimum absolute atomic E-state index is 0.175. The molecule has 0 rings (SSSR count). The van der Waals surface area contributed by atoms with Gasteiger partial charge in [0, 0.05) is 32.2 Å². The summed E-state index contributed by atoms with van der Waals surface area (Å²) in [5.41, 5.74) is 0.175. The van der Waals surface area contributed by atoms with Gasteiger partial charge in [-0.25, -0.2) is 0 Å². The van der Waals surface area contributed by atoms with Gasteiger partial charge in [0.25, 0.3) is 0 Å². The Balaban J connectivity index is 3.79. The van der Waals surface area contributed by atoms with Gasteiger partial charge in [-0.15, -0.1) is 0 Å². The predicted octanol–water partition coefficient (Wildman–Crippen LogP) is 1.98. The van der Waals surface area contributed by atoms with Gasteiger partial charge >= 0.3 is 0 Å². The van der Waals surface area contributed by atoms with Crippen LogP contribution in [0.4, 0.5) is 0 Å². The third-order valence-corrected chi connectivity index (χ3v) is 3.01. The summed E-state index contributed by atoms with van der Waals surface area (Å²) in [6, 6.07) is 0. The van der Waals surface area contributed by atoms with Crippen LogP contribution in [-0.4, -0.2) is 38.2 Å². The molecule has 0 aliphatic heterocycles. The molecule has 18 heavy (non-hydrogen) atoms. The largest absolute Gasteiger partial charge is 0.356 e. The smallest absolute Gasteiger partial charge is 0.191 e. The van der Waals surface area contributed by atoms with Crippen LogP contribution in [-0.2, 0) is 0 Å². The second-order valence-electron chi connectivity index (χ2n) is 5.74. The molecule has 3 N–H and O–H groups in total. The molecule has 108 valence electrons. The zero-order valence-electron chi connectivity index (χ0n) is 13.1. The van der Waals surface area contributed by atoms with E-state index >= 15 is 0 Å². The van der Waals surface area contributed by atoms with Crippen molar-refractivity contribution in [3.63, 3.8) is 0 Å². The topological polar surface area (TPSA) is 48.5 Å². The molecule has 0 fully saturated rings. The molecule has 0 spiro atoms. The molecule has 0 bridgehead atoms. The lowest BCUT2D eigenvalue weighted by Crippen LogP contribution is -2.45. The molecular formula is C14H32N4. The molecule has 4 heteroatoms. The van der Waals surface area contributed by atoms with Crippen LogP contribution in [0.15, 0.2) is 4.99 Å². The fourth-order valence-corrected chi connectivity index (χ4v) is 1.66. The van der Waals surface area contributed by atoms with E-state index < -0.39 is 0 Å². The van der Waals surface area contributed by atoms with E-state index in [4.69, 9.17) is 0 Å². The summed E-state index contributed by atoms with van der Waals surface area (Å²) in [6.45, 7) is 13.8. The van der Waals surface area contributed by atoms with Gasteiger partial charge in [0.15, 0.2) is 5.96 Å². The Morgan fingerprint density at radius 1 is 1.06 bits per heavy atom. The number of aliphatic imine (C=N–C) groups is 1. The van der Waals surface area contributed by atoms with Crippen LogP contribution in [0.2, 0.25) is 0 Å². The Morgan fingerprint density at radius 3 is 2.11 bits per heavy atom. The molecule has 0 aliphatic carbocycles. The van der Waals surface area contributed by atoms with Gasteiger partial charge in [-0.1, -0.05) is 26.7 Å². The Hall–Kier alpha value is -0.770. The standard InChI is InChI=1S/C14H32N4/c1-7-12(8-2)11-17-13(15-6)16-9-10-18-14(3,4)5/h12,18H,7-11H2,1-6H3,(H2,15,16,17). The summed E-state index contributed by atoms with van der Waals surface area (Å²) < 4.78 is 0. The molecule has 0 unspecified atom stereocenters. The minimum atomic E-state index is 0.175. The first-order valence-corrected chi connectivity index (χ1v) is 7.12. The second-order valence-corrected chi connectivity index (χ2v) is 5.74. The fourth-order valence-electron chi connectivity index (χ4n) is 1.66. The van der Waals surface area contributed by atoms with Crippen molar-refractivity contribution in [1.82, 2.24) is 16.0 Å². The summed E-state index contributed by atoms with van der Waals surface area (Å²) in [5.74, 6) is 1.63. The van der Waals surface area contributed by atoms with Gasteiger partial charge in [-0.2, -0.15) is 0 Å². The van der Waals surface area contributed by atoms with Crippen LogP contribution in [0.25, 0.3) is 0 Å². The third kappa shape index (κ3) is 9.28. The molecule has 0 saturated heterocycles. The van der Waals surface area contributed by atoms with Crippen molar-refractivity contribution >= 4 is 5.96 Å². The minimum Gasteiger partial charge on any atom is -0.356 e. The zero-order chi connectivity index (χ0) is 14.0. The molecule has 0 aromatic heterocycles. The number of rotatable bonds is 7. The van der Waals surface area contributed by atoms with E-state index in [9.17, 15) is 0 Å². The van der Waals surface area contributed by atoms with Crippen molar-refractivity contribution in [3.8, 4) is 0 Å². The van der Waals surface area contributed by atoms with E-state index in [2.05, 4.69) is 55.6 Å².